The maximum atomic E-state index is 11.8. The number of fused-ring (bicyclic) bond motifs is 3. The summed E-state index contributed by atoms with van der Waals surface area (Å²) in [5, 5.41) is 0. The molecule has 3 heterocycles. The standard InChI is InChI=1S/C14H24O7S/c1-12(2)18-9-7-16-14(8-17-22(5,6)15)11(10(9)19-12)20-13(3,4)21-14/h9-11H,5,7-8H2,1-4,6H3/t9-,10-,11-,14-,22?/m0/s1. The zero-order valence-electron chi connectivity index (χ0n) is 13.6. The van der Waals surface area contributed by atoms with E-state index in [9.17, 15) is 4.21 Å². The van der Waals surface area contributed by atoms with Gasteiger partial charge in [-0.2, -0.15) is 0 Å². The zero-order chi connectivity index (χ0) is 16.4. The molecule has 0 N–H and O–H groups in total. The lowest BCUT2D eigenvalue weighted by Gasteiger charge is -2.40. The smallest absolute Gasteiger partial charge is 0.225 e. The first-order chi connectivity index (χ1) is 9.92. The van der Waals surface area contributed by atoms with E-state index in [0.29, 0.717) is 0 Å². The highest BCUT2D eigenvalue weighted by Gasteiger charge is 2.65. The van der Waals surface area contributed by atoms with Gasteiger partial charge >= 0.3 is 0 Å². The first kappa shape index (κ1) is 16.6. The van der Waals surface area contributed by atoms with Crippen LogP contribution in [0.15, 0.2) is 0 Å². The molecule has 1 unspecified atom stereocenters. The van der Waals surface area contributed by atoms with Crippen LogP contribution in [0.3, 0.4) is 0 Å². The van der Waals surface area contributed by atoms with Crippen LogP contribution in [0.2, 0.25) is 0 Å². The van der Waals surface area contributed by atoms with E-state index in [2.05, 4.69) is 5.87 Å². The Morgan fingerprint density at radius 3 is 2.50 bits per heavy atom. The highest BCUT2D eigenvalue weighted by Crippen LogP contribution is 2.47. The minimum Gasteiger partial charge on any atom is -0.343 e. The van der Waals surface area contributed by atoms with Crippen LogP contribution in [0.4, 0.5) is 0 Å². The Morgan fingerprint density at radius 1 is 1.18 bits per heavy atom. The molecule has 0 bridgehead atoms. The highest BCUT2D eigenvalue weighted by molar-refractivity contribution is 7.95. The van der Waals surface area contributed by atoms with Crippen LogP contribution >= 0.6 is 0 Å². The minimum absolute atomic E-state index is 0.0487. The third kappa shape index (κ3) is 3.06. The molecule has 3 aliphatic heterocycles. The predicted octanol–water partition coefficient (Wildman–Crippen LogP) is 0.662. The molecule has 3 aliphatic rings. The van der Waals surface area contributed by atoms with Crippen molar-refractivity contribution in [1.82, 2.24) is 0 Å². The topological polar surface area (TPSA) is 72.5 Å². The fourth-order valence-corrected chi connectivity index (χ4v) is 3.57. The Kier molecular flexibility index (Phi) is 3.70. The van der Waals surface area contributed by atoms with E-state index >= 15 is 0 Å². The second kappa shape index (κ2) is 4.89. The van der Waals surface area contributed by atoms with E-state index in [0.717, 1.165) is 0 Å². The SMILES string of the molecule is C=S(C)(=O)OC[C@@]12OC[C@@H]3OC(C)(C)O[C@@H]3[C@@H]1OC(C)(C)O2. The van der Waals surface area contributed by atoms with Gasteiger partial charge in [0.2, 0.25) is 5.79 Å². The van der Waals surface area contributed by atoms with Crippen molar-refractivity contribution in [2.24, 2.45) is 0 Å². The van der Waals surface area contributed by atoms with Crippen LogP contribution < -0.4 is 0 Å². The second-order valence-electron chi connectivity index (χ2n) is 6.99. The van der Waals surface area contributed by atoms with Crippen molar-refractivity contribution >= 4 is 15.7 Å². The van der Waals surface area contributed by atoms with Crippen LogP contribution in [-0.4, -0.2) is 65.2 Å². The number of hydrogen-bond donors (Lipinski definition) is 0. The quantitative estimate of drug-likeness (QED) is 0.701. The van der Waals surface area contributed by atoms with Crippen molar-refractivity contribution in [1.29, 1.82) is 0 Å². The maximum Gasteiger partial charge on any atom is 0.225 e. The summed E-state index contributed by atoms with van der Waals surface area (Å²) in [6.45, 7) is 7.51. The molecule has 3 saturated heterocycles. The molecule has 0 aromatic heterocycles. The summed E-state index contributed by atoms with van der Waals surface area (Å²) in [4.78, 5) is 0. The minimum atomic E-state index is -2.64. The van der Waals surface area contributed by atoms with Gasteiger partial charge in [-0.15, -0.1) is 0 Å². The molecule has 0 radical (unpaired) electrons. The average Bonchev–Trinajstić information content (AvgIpc) is 2.78. The van der Waals surface area contributed by atoms with Crippen molar-refractivity contribution in [3.05, 3.63) is 0 Å². The van der Waals surface area contributed by atoms with Crippen molar-refractivity contribution in [3.8, 4) is 0 Å². The molecule has 5 atom stereocenters. The van der Waals surface area contributed by atoms with Gasteiger partial charge in [-0.05, 0) is 33.6 Å². The molecule has 0 aromatic rings. The van der Waals surface area contributed by atoms with E-state index in [1.54, 1.807) is 13.8 Å². The van der Waals surface area contributed by atoms with E-state index in [1.807, 2.05) is 13.8 Å². The molecule has 0 aliphatic carbocycles. The Labute approximate surface area is 131 Å². The lowest BCUT2D eigenvalue weighted by molar-refractivity contribution is -0.290. The largest absolute Gasteiger partial charge is 0.343 e. The van der Waals surface area contributed by atoms with Crippen LogP contribution in [0.5, 0.6) is 0 Å². The normalized spacial score (nSPS) is 45.0. The second-order valence-corrected chi connectivity index (χ2v) is 9.08. The summed E-state index contributed by atoms with van der Waals surface area (Å²) < 4.78 is 46.8. The van der Waals surface area contributed by atoms with Crippen molar-refractivity contribution in [2.45, 2.75) is 63.4 Å². The molecule has 22 heavy (non-hydrogen) atoms. The van der Waals surface area contributed by atoms with Gasteiger partial charge in [0.25, 0.3) is 0 Å². The Balaban J connectivity index is 1.87. The van der Waals surface area contributed by atoms with Crippen molar-refractivity contribution in [2.75, 3.05) is 19.5 Å². The lowest BCUT2D eigenvalue weighted by Crippen LogP contribution is -2.60. The Hall–Kier alpha value is -0.220. The summed E-state index contributed by atoms with van der Waals surface area (Å²) in [7, 11) is -2.64. The van der Waals surface area contributed by atoms with Crippen LogP contribution in [0.25, 0.3) is 0 Å². The van der Waals surface area contributed by atoms with Crippen LogP contribution in [-0.2, 0) is 37.7 Å². The summed E-state index contributed by atoms with van der Waals surface area (Å²) in [5.41, 5.74) is 0. The van der Waals surface area contributed by atoms with Gasteiger partial charge in [-0.3, -0.25) is 4.18 Å². The summed E-state index contributed by atoms with van der Waals surface area (Å²) in [5.74, 6) is 0.735. The van der Waals surface area contributed by atoms with E-state index in [4.69, 9.17) is 27.9 Å². The summed E-state index contributed by atoms with van der Waals surface area (Å²) >= 11 is 0. The van der Waals surface area contributed by atoms with Gasteiger partial charge < -0.3 is 23.7 Å². The summed E-state index contributed by atoms with van der Waals surface area (Å²) in [6, 6.07) is 0. The summed E-state index contributed by atoms with van der Waals surface area (Å²) in [6.07, 6.45) is 0.303. The molecule has 0 amide bonds. The maximum absolute atomic E-state index is 11.8. The number of ether oxygens (including phenoxy) is 5. The molecular weight excluding hydrogens is 312 g/mol. The number of rotatable bonds is 3. The molecule has 0 aromatic carbocycles. The zero-order valence-corrected chi connectivity index (χ0v) is 14.4. The van der Waals surface area contributed by atoms with Gasteiger partial charge in [0.15, 0.2) is 11.6 Å². The van der Waals surface area contributed by atoms with Gasteiger partial charge in [-0.1, -0.05) is 0 Å². The van der Waals surface area contributed by atoms with Gasteiger partial charge in [0, 0.05) is 6.26 Å². The molecule has 3 rings (SSSR count). The molecule has 0 spiro atoms. The number of hydrogen-bond acceptors (Lipinski definition) is 7. The molecule has 0 saturated carbocycles. The third-order valence-corrected chi connectivity index (χ3v) is 4.40. The average molecular weight is 336 g/mol. The fourth-order valence-electron chi connectivity index (χ4n) is 3.15. The highest BCUT2D eigenvalue weighted by atomic mass is 32.2. The van der Waals surface area contributed by atoms with Crippen molar-refractivity contribution < 1.29 is 32.1 Å². The van der Waals surface area contributed by atoms with Crippen LogP contribution in [0.1, 0.15) is 27.7 Å². The first-order valence-electron chi connectivity index (χ1n) is 7.26. The van der Waals surface area contributed by atoms with E-state index in [-0.39, 0.29) is 25.4 Å². The Morgan fingerprint density at radius 2 is 1.86 bits per heavy atom. The van der Waals surface area contributed by atoms with Crippen molar-refractivity contribution in [3.63, 3.8) is 0 Å². The monoisotopic (exact) mass is 336 g/mol. The first-order valence-corrected chi connectivity index (χ1v) is 9.32. The van der Waals surface area contributed by atoms with E-state index < -0.39 is 33.3 Å². The van der Waals surface area contributed by atoms with Gasteiger partial charge in [0.05, 0.1) is 16.4 Å². The molecule has 8 heteroatoms. The van der Waals surface area contributed by atoms with Crippen LogP contribution in [0, 0.1) is 0 Å². The molecule has 128 valence electrons. The molecule has 7 nitrogen and oxygen atoms in total. The Bertz CT molecular complexity index is 556. The lowest BCUT2D eigenvalue weighted by atomic mass is 9.98. The third-order valence-electron chi connectivity index (χ3n) is 3.78. The van der Waals surface area contributed by atoms with Gasteiger partial charge in [-0.25, -0.2) is 4.21 Å². The van der Waals surface area contributed by atoms with E-state index in [1.165, 1.54) is 6.26 Å². The predicted molar refractivity (Wildman–Crippen MR) is 79.7 cm³/mol. The fraction of sp³-hybridized carbons (Fsp3) is 0.929. The van der Waals surface area contributed by atoms with Gasteiger partial charge in [0.1, 0.15) is 24.9 Å². The molecular formula is C14H24O7S. The molecule has 3 fully saturated rings.